The lowest BCUT2D eigenvalue weighted by molar-refractivity contribution is 0.102. The van der Waals surface area contributed by atoms with Gasteiger partial charge in [0.15, 0.2) is 0 Å². The van der Waals surface area contributed by atoms with Crippen molar-refractivity contribution < 1.29 is 14.3 Å². The fraction of sp³-hybridized carbons (Fsp3) is 0.158. The Bertz CT molecular complexity index is 881. The van der Waals surface area contributed by atoms with Gasteiger partial charge in [-0.3, -0.25) is 9.48 Å². The molecule has 0 fully saturated rings. The lowest BCUT2D eigenvalue weighted by Crippen LogP contribution is -2.13. The van der Waals surface area contributed by atoms with Crippen molar-refractivity contribution in [1.82, 2.24) is 9.78 Å². The molecule has 26 heavy (non-hydrogen) atoms. The predicted molar refractivity (Wildman–Crippen MR) is 103 cm³/mol. The van der Waals surface area contributed by atoms with E-state index in [1.807, 2.05) is 30.5 Å². The second kappa shape index (κ2) is 8.53. The molecule has 0 spiro atoms. The van der Waals surface area contributed by atoms with E-state index in [0.29, 0.717) is 40.4 Å². The Morgan fingerprint density at radius 2 is 2.08 bits per heavy atom. The minimum absolute atomic E-state index is 0.232. The molecule has 7 heteroatoms. The molecule has 134 valence electrons. The van der Waals surface area contributed by atoms with E-state index in [1.165, 1.54) is 0 Å². The topological polar surface area (TPSA) is 65.4 Å². The molecule has 0 radical (unpaired) electrons. The lowest BCUT2D eigenvalue weighted by atomic mass is 10.2. The van der Waals surface area contributed by atoms with Crippen LogP contribution in [0.4, 0.5) is 5.69 Å². The number of amides is 1. The highest BCUT2D eigenvalue weighted by molar-refractivity contribution is 9.10. The van der Waals surface area contributed by atoms with Crippen LogP contribution >= 0.6 is 15.9 Å². The molecule has 1 heterocycles. The Balaban J connectivity index is 1.63. The summed E-state index contributed by atoms with van der Waals surface area (Å²) in [6.07, 6.45) is 3.61. The van der Waals surface area contributed by atoms with Crippen molar-refractivity contribution in [3.8, 4) is 11.5 Å². The third kappa shape index (κ3) is 4.64. The van der Waals surface area contributed by atoms with Gasteiger partial charge in [0.05, 0.1) is 19.2 Å². The molecule has 0 saturated carbocycles. The first-order chi connectivity index (χ1) is 12.7. The number of halogens is 1. The van der Waals surface area contributed by atoms with E-state index in [4.69, 9.17) is 9.47 Å². The first kappa shape index (κ1) is 18.0. The number of rotatable bonds is 7. The van der Waals surface area contributed by atoms with Crippen LogP contribution in [0, 0.1) is 0 Å². The largest absolute Gasteiger partial charge is 0.497 e. The minimum Gasteiger partial charge on any atom is -0.497 e. The molecule has 0 aliphatic rings. The summed E-state index contributed by atoms with van der Waals surface area (Å²) in [6, 6.07) is 14.4. The Kier molecular flexibility index (Phi) is 5.91. The number of methoxy groups -OCH3 is 1. The highest BCUT2D eigenvalue weighted by atomic mass is 79.9. The zero-order valence-electron chi connectivity index (χ0n) is 14.2. The van der Waals surface area contributed by atoms with Crippen LogP contribution in [0.25, 0.3) is 0 Å². The van der Waals surface area contributed by atoms with E-state index in [2.05, 4.69) is 26.3 Å². The Morgan fingerprint density at radius 3 is 2.85 bits per heavy atom. The fourth-order valence-electron chi connectivity index (χ4n) is 2.36. The summed E-state index contributed by atoms with van der Waals surface area (Å²) in [5, 5.41) is 7.00. The van der Waals surface area contributed by atoms with E-state index >= 15 is 0 Å². The maximum absolute atomic E-state index is 12.5. The Labute approximate surface area is 159 Å². The fourth-order valence-corrected chi connectivity index (χ4v) is 2.78. The second-order valence-electron chi connectivity index (χ2n) is 5.45. The Morgan fingerprint density at radius 1 is 1.19 bits per heavy atom. The van der Waals surface area contributed by atoms with Gasteiger partial charge in [-0.1, -0.05) is 6.07 Å². The molecule has 0 saturated heterocycles. The van der Waals surface area contributed by atoms with Gasteiger partial charge < -0.3 is 14.8 Å². The summed E-state index contributed by atoms with van der Waals surface area (Å²) in [5.41, 5.74) is 1.15. The SMILES string of the molecule is COc1ccc(Br)c(C(=O)Nc2cccc(OCCn3cccn3)c2)c1. The molecule has 0 atom stereocenters. The summed E-state index contributed by atoms with van der Waals surface area (Å²) in [7, 11) is 1.56. The van der Waals surface area contributed by atoms with Gasteiger partial charge in [-0.15, -0.1) is 0 Å². The molecular formula is C19H18BrN3O3. The first-order valence-electron chi connectivity index (χ1n) is 8.01. The summed E-state index contributed by atoms with van der Waals surface area (Å²) < 4.78 is 13.4. The molecular weight excluding hydrogens is 398 g/mol. The number of nitrogens with zero attached hydrogens (tertiary/aromatic N) is 2. The predicted octanol–water partition coefficient (Wildman–Crippen LogP) is 3.99. The van der Waals surface area contributed by atoms with Crippen LogP contribution in [0.5, 0.6) is 11.5 Å². The summed E-state index contributed by atoms with van der Waals surface area (Å²) in [6.45, 7) is 1.14. The number of benzene rings is 2. The van der Waals surface area contributed by atoms with Crippen LogP contribution in [-0.2, 0) is 6.54 Å². The van der Waals surface area contributed by atoms with Crippen LogP contribution in [0.2, 0.25) is 0 Å². The van der Waals surface area contributed by atoms with Gasteiger partial charge in [0.2, 0.25) is 0 Å². The van der Waals surface area contributed by atoms with E-state index in [9.17, 15) is 4.79 Å². The lowest BCUT2D eigenvalue weighted by Gasteiger charge is -2.11. The zero-order chi connectivity index (χ0) is 18.4. The third-order valence-electron chi connectivity index (χ3n) is 3.66. The normalized spacial score (nSPS) is 10.4. The van der Waals surface area contributed by atoms with Crippen LogP contribution in [0.15, 0.2) is 65.4 Å². The molecule has 1 aromatic heterocycles. The van der Waals surface area contributed by atoms with Crippen LogP contribution in [0.1, 0.15) is 10.4 Å². The van der Waals surface area contributed by atoms with Gasteiger partial charge in [-0.25, -0.2) is 0 Å². The molecule has 0 aliphatic carbocycles. The van der Waals surface area contributed by atoms with Gasteiger partial charge in [-0.05, 0) is 52.3 Å². The molecule has 3 aromatic rings. The average Bonchev–Trinajstić information content (AvgIpc) is 3.16. The van der Waals surface area contributed by atoms with Crippen LogP contribution in [-0.4, -0.2) is 29.4 Å². The van der Waals surface area contributed by atoms with E-state index in [1.54, 1.807) is 42.3 Å². The van der Waals surface area contributed by atoms with Crippen molar-refractivity contribution in [1.29, 1.82) is 0 Å². The van der Waals surface area contributed by atoms with Crippen molar-refractivity contribution in [2.24, 2.45) is 0 Å². The van der Waals surface area contributed by atoms with Crippen LogP contribution in [0.3, 0.4) is 0 Å². The minimum atomic E-state index is -0.232. The van der Waals surface area contributed by atoms with Crippen molar-refractivity contribution in [3.05, 3.63) is 71.0 Å². The zero-order valence-corrected chi connectivity index (χ0v) is 15.8. The maximum Gasteiger partial charge on any atom is 0.256 e. The molecule has 0 aliphatic heterocycles. The number of hydrogen-bond donors (Lipinski definition) is 1. The molecule has 0 unspecified atom stereocenters. The standard InChI is InChI=1S/C19H18BrN3O3/c1-25-15-6-7-18(20)17(13-15)19(24)22-14-4-2-5-16(12-14)26-11-10-23-9-3-8-21-23/h2-9,12-13H,10-11H2,1H3,(H,22,24). The van der Waals surface area contributed by atoms with Crippen LogP contribution < -0.4 is 14.8 Å². The van der Waals surface area contributed by atoms with Gasteiger partial charge in [0, 0.05) is 28.6 Å². The van der Waals surface area contributed by atoms with Crippen molar-refractivity contribution >= 4 is 27.5 Å². The molecule has 6 nitrogen and oxygen atoms in total. The number of anilines is 1. The van der Waals surface area contributed by atoms with E-state index in [-0.39, 0.29) is 5.91 Å². The van der Waals surface area contributed by atoms with Gasteiger partial charge in [0.1, 0.15) is 18.1 Å². The third-order valence-corrected chi connectivity index (χ3v) is 4.35. The number of hydrogen-bond acceptors (Lipinski definition) is 4. The highest BCUT2D eigenvalue weighted by Gasteiger charge is 2.12. The first-order valence-corrected chi connectivity index (χ1v) is 8.80. The maximum atomic E-state index is 12.5. The monoisotopic (exact) mass is 415 g/mol. The average molecular weight is 416 g/mol. The number of nitrogens with one attached hydrogen (secondary N) is 1. The number of ether oxygens (including phenoxy) is 2. The second-order valence-corrected chi connectivity index (χ2v) is 6.30. The summed E-state index contributed by atoms with van der Waals surface area (Å²) in [4.78, 5) is 12.5. The van der Waals surface area contributed by atoms with Crippen molar-refractivity contribution in [2.45, 2.75) is 6.54 Å². The number of carbonyl (C=O) groups is 1. The van der Waals surface area contributed by atoms with E-state index in [0.717, 1.165) is 0 Å². The summed E-state index contributed by atoms with van der Waals surface area (Å²) >= 11 is 3.39. The van der Waals surface area contributed by atoms with Crippen molar-refractivity contribution in [2.75, 3.05) is 19.0 Å². The van der Waals surface area contributed by atoms with Gasteiger partial charge in [-0.2, -0.15) is 5.10 Å². The van der Waals surface area contributed by atoms with E-state index < -0.39 is 0 Å². The number of aromatic nitrogens is 2. The molecule has 0 bridgehead atoms. The Hall–Kier alpha value is -2.80. The van der Waals surface area contributed by atoms with Gasteiger partial charge >= 0.3 is 0 Å². The van der Waals surface area contributed by atoms with Gasteiger partial charge in [0.25, 0.3) is 5.91 Å². The summed E-state index contributed by atoms with van der Waals surface area (Å²) in [5.74, 6) is 1.07. The smallest absolute Gasteiger partial charge is 0.256 e. The molecule has 1 amide bonds. The highest BCUT2D eigenvalue weighted by Crippen LogP contribution is 2.24. The molecule has 1 N–H and O–H groups in total. The quantitative estimate of drug-likeness (QED) is 0.633. The number of carbonyl (C=O) groups excluding carboxylic acids is 1. The van der Waals surface area contributed by atoms with Crippen molar-refractivity contribution in [3.63, 3.8) is 0 Å². The molecule has 2 aromatic carbocycles. The molecule has 3 rings (SSSR count).